The predicted molar refractivity (Wildman–Crippen MR) is 72.3 cm³/mol. The van der Waals surface area contributed by atoms with Crippen molar-refractivity contribution in [1.82, 2.24) is 19.6 Å². The summed E-state index contributed by atoms with van der Waals surface area (Å²) in [5.74, 6) is -0.214. The second kappa shape index (κ2) is 4.73. The van der Waals surface area contributed by atoms with Crippen LogP contribution in [0.15, 0.2) is 36.5 Å². The molecule has 0 N–H and O–H groups in total. The van der Waals surface area contributed by atoms with Gasteiger partial charge in [-0.1, -0.05) is 29.8 Å². The first-order chi connectivity index (χ1) is 9.69. The number of nitrogens with zero attached hydrogens (tertiary/aromatic N) is 4. The average Bonchev–Trinajstić information content (AvgIpc) is 2.91. The van der Waals surface area contributed by atoms with E-state index in [0.29, 0.717) is 5.78 Å². The molecule has 0 aliphatic rings. The summed E-state index contributed by atoms with van der Waals surface area (Å²) in [5, 5.41) is 4.15. The van der Waals surface area contributed by atoms with E-state index in [1.807, 2.05) is 37.3 Å². The minimum absolute atomic E-state index is 0.000406. The molecule has 0 amide bonds. The number of aromatic nitrogens is 4. The number of rotatable bonds is 2. The van der Waals surface area contributed by atoms with E-state index in [0.717, 1.165) is 11.3 Å². The summed E-state index contributed by atoms with van der Waals surface area (Å²) >= 11 is 0. The average molecular weight is 268 g/mol. The monoisotopic (exact) mass is 268 g/mol. The molecule has 0 bridgehead atoms. The van der Waals surface area contributed by atoms with Crippen LogP contribution in [0.25, 0.3) is 17.0 Å². The van der Waals surface area contributed by atoms with Gasteiger partial charge in [0.25, 0.3) is 11.6 Å². The third kappa shape index (κ3) is 2.01. The molecule has 6 heteroatoms. The van der Waals surface area contributed by atoms with Crippen molar-refractivity contribution in [3.8, 4) is 11.3 Å². The van der Waals surface area contributed by atoms with E-state index in [-0.39, 0.29) is 5.82 Å². The van der Waals surface area contributed by atoms with Crippen LogP contribution in [-0.4, -0.2) is 32.7 Å². The van der Waals surface area contributed by atoms with Crippen molar-refractivity contribution in [2.75, 3.05) is 7.11 Å². The lowest BCUT2D eigenvalue weighted by atomic mass is 10.1. The highest BCUT2D eigenvalue weighted by atomic mass is 16.5. The first-order valence-electron chi connectivity index (χ1n) is 6.06. The summed E-state index contributed by atoms with van der Waals surface area (Å²) in [6.07, 6.45) is 1.64. The molecule has 0 spiro atoms. The Bertz CT molecular complexity index is 777. The topological polar surface area (TPSA) is 69.4 Å². The Morgan fingerprint density at radius 1 is 1.20 bits per heavy atom. The number of benzene rings is 1. The van der Waals surface area contributed by atoms with Gasteiger partial charge in [0.05, 0.1) is 12.8 Å². The fraction of sp³-hybridized carbons (Fsp3) is 0.143. The van der Waals surface area contributed by atoms with Gasteiger partial charge in [0.2, 0.25) is 0 Å². The summed E-state index contributed by atoms with van der Waals surface area (Å²) in [5.41, 5.74) is 2.97. The largest absolute Gasteiger partial charge is 0.463 e. The van der Waals surface area contributed by atoms with Gasteiger partial charge in [0, 0.05) is 11.8 Å². The number of esters is 1. The summed E-state index contributed by atoms with van der Waals surface area (Å²) in [7, 11) is 1.29. The summed E-state index contributed by atoms with van der Waals surface area (Å²) in [4.78, 5) is 19.6. The minimum atomic E-state index is -0.578. The van der Waals surface area contributed by atoms with Crippen LogP contribution in [0.1, 0.15) is 16.2 Å². The van der Waals surface area contributed by atoms with Crippen LogP contribution in [0.2, 0.25) is 0 Å². The third-order valence-corrected chi connectivity index (χ3v) is 2.96. The molecule has 3 aromatic rings. The lowest BCUT2D eigenvalue weighted by molar-refractivity contribution is 0.0587. The Hall–Kier alpha value is -2.76. The highest BCUT2D eigenvalue weighted by Crippen LogP contribution is 2.19. The normalized spacial score (nSPS) is 10.7. The van der Waals surface area contributed by atoms with Gasteiger partial charge >= 0.3 is 5.97 Å². The van der Waals surface area contributed by atoms with E-state index in [1.54, 1.807) is 6.20 Å². The van der Waals surface area contributed by atoms with Crippen molar-refractivity contribution < 1.29 is 9.53 Å². The van der Waals surface area contributed by atoms with Crippen LogP contribution in [0.4, 0.5) is 0 Å². The van der Waals surface area contributed by atoms with Crippen molar-refractivity contribution in [2.24, 2.45) is 0 Å². The number of aryl methyl sites for hydroxylation is 1. The Morgan fingerprint density at radius 2 is 1.95 bits per heavy atom. The molecule has 0 unspecified atom stereocenters. The molecule has 100 valence electrons. The molecule has 0 aliphatic carbocycles. The smallest absolute Gasteiger partial charge is 0.378 e. The number of fused-ring (bicyclic) bond motifs is 1. The number of carbonyl (C=O) groups is 1. The molecule has 0 atom stereocenters. The van der Waals surface area contributed by atoms with Crippen LogP contribution in [0.3, 0.4) is 0 Å². The maximum Gasteiger partial charge on any atom is 0.378 e. The van der Waals surface area contributed by atoms with Gasteiger partial charge in [-0.3, -0.25) is 0 Å². The standard InChI is InChI=1S/C14H12N4O2/c1-9-3-5-10(6-4-9)11-7-8-15-14-16-12(13(19)20-2)17-18(11)14/h3-8H,1-2H3. The van der Waals surface area contributed by atoms with Gasteiger partial charge in [-0.25, -0.2) is 9.78 Å². The highest BCUT2D eigenvalue weighted by Gasteiger charge is 2.15. The fourth-order valence-electron chi connectivity index (χ4n) is 1.91. The van der Waals surface area contributed by atoms with Crippen molar-refractivity contribution >= 4 is 11.7 Å². The minimum Gasteiger partial charge on any atom is -0.463 e. The van der Waals surface area contributed by atoms with Gasteiger partial charge in [-0.05, 0) is 13.0 Å². The Labute approximate surface area is 115 Å². The molecule has 0 radical (unpaired) electrons. The summed E-state index contributed by atoms with van der Waals surface area (Å²) in [6, 6.07) is 9.83. The molecule has 6 nitrogen and oxygen atoms in total. The quantitative estimate of drug-likeness (QED) is 0.664. The number of hydrogen-bond acceptors (Lipinski definition) is 5. The molecule has 0 saturated heterocycles. The van der Waals surface area contributed by atoms with Gasteiger partial charge in [-0.2, -0.15) is 9.50 Å². The lowest BCUT2D eigenvalue weighted by Gasteiger charge is -2.03. The lowest BCUT2D eigenvalue weighted by Crippen LogP contribution is -2.04. The highest BCUT2D eigenvalue weighted by molar-refractivity contribution is 5.85. The number of ether oxygens (including phenoxy) is 1. The maximum atomic E-state index is 11.5. The van der Waals surface area contributed by atoms with Crippen LogP contribution < -0.4 is 0 Å². The van der Waals surface area contributed by atoms with E-state index >= 15 is 0 Å². The van der Waals surface area contributed by atoms with E-state index in [4.69, 9.17) is 0 Å². The molecule has 20 heavy (non-hydrogen) atoms. The molecule has 2 heterocycles. The zero-order valence-electron chi connectivity index (χ0n) is 11.1. The van der Waals surface area contributed by atoms with Crippen molar-refractivity contribution in [3.63, 3.8) is 0 Å². The molecule has 0 saturated carbocycles. The van der Waals surface area contributed by atoms with E-state index in [9.17, 15) is 4.79 Å². The van der Waals surface area contributed by atoms with Crippen LogP contribution in [-0.2, 0) is 4.74 Å². The van der Waals surface area contributed by atoms with Gasteiger partial charge in [0.1, 0.15) is 0 Å². The Morgan fingerprint density at radius 3 is 2.65 bits per heavy atom. The van der Waals surface area contributed by atoms with Crippen molar-refractivity contribution in [2.45, 2.75) is 6.92 Å². The van der Waals surface area contributed by atoms with Gasteiger partial charge < -0.3 is 4.74 Å². The SMILES string of the molecule is COC(=O)c1nc2nccc(-c3ccc(C)cc3)n2n1. The second-order valence-corrected chi connectivity index (χ2v) is 4.33. The van der Waals surface area contributed by atoms with Crippen LogP contribution in [0.5, 0.6) is 0 Å². The second-order valence-electron chi connectivity index (χ2n) is 4.33. The van der Waals surface area contributed by atoms with Gasteiger partial charge in [-0.15, -0.1) is 5.10 Å². The number of hydrogen-bond donors (Lipinski definition) is 0. The van der Waals surface area contributed by atoms with Crippen LogP contribution >= 0.6 is 0 Å². The third-order valence-electron chi connectivity index (χ3n) is 2.96. The summed E-state index contributed by atoms with van der Waals surface area (Å²) < 4.78 is 6.16. The van der Waals surface area contributed by atoms with Crippen molar-refractivity contribution in [3.05, 3.63) is 47.9 Å². The first kappa shape index (κ1) is 12.3. The van der Waals surface area contributed by atoms with Crippen LogP contribution in [0, 0.1) is 6.92 Å². The number of methoxy groups -OCH3 is 1. The van der Waals surface area contributed by atoms with E-state index in [1.165, 1.54) is 17.2 Å². The molecule has 2 aromatic heterocycles. The molecule has 3 rings (SSSR count). The maximum absolute atomic E-state index is 11.5. The van der Waals surface area contributed by atoms with Gasteiger partial charge in [0.15, 0.2) is 0 Å². The summed E-state index contributed by atoms with van der Waals surface area (Å²) in [6.45, 7) is 2.02. The Balaban J connectivity index is 2.18. The molecule has 0 fully saturated rings. The van der Waals surface area contributed by atoms with E-state index < -0.39 is 5.97 Å². The van der Waals surface area contributed by atoms with Crippen molar-refractivity contribution in [1.29, 1.82) is 0 Å². The fourth-order valence-corrected chi connectivity index (χ4v) is 1.91. The molecule has 1 aromatic carbocycles. The zero-order chi connectivity index (χ0) is 14.1. The predicted octanol–water partition coefficient (Wildman–Crippen LogP) is 1.89. The zero-order valence-corrected chi connectivity index (χ0v) is 11.1. The molecular weight excluding hydrogens is 256 g/mol. The Kier molecular flexibility index (Phi) is 2.90. The molecule has 0 aliphatic heterocycles. The first-order valence-corrected chi connectivity index (χ1v) is 6.06. The molecular formula is C14H12N4O2. The van der Waals surface area contributed by atoms with E-state index in [2.05, 4.69) is 19.8 Å². The number of carbonyl (C=O) groups excluding carboxylic acids is 1.